The molecule has 1 atom stereocenters. The standard InChI is InChI=1S/C12H13F3O/c1-3-10-4-6-11(7-5-10)8-16-9(2)12(13,14)15/h3-7,9H,1,8H2,2H3. The Morgan fingerprint density at radius 3 is 2.31 bits per heavy atom. The molecule has 0 aliphatic heterocycles. The molecule has 0 fully saturated rings. The zero-order chi connectivity index (χ0) is 12.2. The van der Waals surface area contributed by atoms with Gasteiger partial charge in [0.25, 0.3) is 0 Å². The van der Waals surface area contributed by atoms with E-state index in [4.69, 9.17) is 4.74 Å². The first kappa shape index (κ1) is 12.8. The van der Waals surface area contributed by atoms with Gasteiger partial charge in [-0.1, -0.05) is 36.9 Å². The average molecular weight is 230 g/mol. The fourth-order valence-electron chi connectivity index (χ4n) is 1.07. The zero-order valence-electron chi connectivity index (χ0n) is 8.92. The van der Waals surface area contributed by atoms with E-state index < -0.39 is 12.3 Å². The van der Waals surface area contributed by atoms with Gasteiger partial charge >= 0.3 is 6.18 Å². The summed E-state index contributed by atoms with van der Waals surface area (Å²) >= 11 is 0. The van der Waals surface area contributed by atoms with E-state index in [2.05, 4.69) is 6.58 Å². The first-order chi connectivity index (χ1) is 7.43. The van der Waals surface area contributed by atoms with E-state index in [0.717, 1.165) is 12.5 Å². The van der Waals surface area contributed by atoms with Crippen LogP contribution in [0.1, 0.15) is 18.1 Å². The van der Waals surface area contributed by atoms with Gasteiger partial charge in [0, 0.05) is 0 Å². The maximum Gasteiger partial charge on any atom is 0.414 e. The lowest BCUT2D eigenvalue weighted by atomic mass is 10.1. The summed E-state index contributed by atoms with van der Waals surface area (Å²) in [4.78, 5) is 0. The van der Waals surface area contributed by atoms with Crippen LogP contribution in [0.3, 0.4) is 0 Å². The summed E-state index contributed by atoms with van der Waals surface area (Å²) in [5.41, 5.74) is 1.63. The van der Waals surface area contributed by atoms with Crippen molar-refractivity contribution in [2.24, 2.45) is 0 Å². The summed E-state index contributed by atoms with van der Waals surface area (Å²) < 4.78 is 41.1. The van der Waals surface area contributed by atoms with Gasteiger partial charge in [0.15, 0.2) is 6.10 Å². The average Bonchev–Trinajstić information content (AvgIpc) is 2.25. The largest absolute Gasteiger partial charge is 0.414 e. The van der Waals surface area contributed by atoms with E-state index in [1.54, 1.807) is 30.3 Å². The van der Waals surface area contributed by atoms with Gasteiger partial charge < -0.3 is 4.74 Å². The molecule has 4 heteroatoms. The molecule has 0 aliphatic rings. The molecule has 16 heavy (non-hydrogen) atoms. The quantitative estimate of drug-likeness (QED) is 0.764. The summed E-state index contributed by atoms with van der Waals surface area (Å²) in [5.74, 6) is 0. The van der Waals surface area contributed by atoms with Crippen molar-refractivity contribution in [1.29, 1.82) is 0 Å². The number of hydrogen-bond acceptors (Lipinski definition) is 1. The number of ether oxygens (including phenoxy) is 1. The van der Waals surface area contributed by atoms with Gasteiger partial charge in [0.1, 0.15) is 0 Å². The molecule has 0 N–H and O–H groups in total. The second-order valence-electron chi connectivity index (χ2n) is 3.44. The summed E-state index contributed by atoms with van der Waals surface area (Å²) in [5, 5.41) is 0. The highest BCUT2D eigenvalue weighted by atomic mass is 19.4. The van der Waals surface area contributed by atoms with E-state index in [1.165, 1.54) is 0 Å². The Morgan fingerprint density at radius 2 is 1.88 bits per heavy atom. The Labute approximate surface area is 92.5 Å². The Morgan fingerprint density at radius 1 is 1.31 bits per heavy atom. The van der Waals surface area contributed by atoms with Crippen LogP contribution in [-0.4, -0.2) is 12.3 Å². The van der Waals surface area contributed by atoms with E-state index in [-0.39, 0.29) is 6.61 Å². The summed E-state index contributed by atoms with van der Waals surface area (Å²) in [6.45, 7) is 4.54. The maximum absolute atomic E-state index is 12.1. The predicted octanol–water partition coefficient (Wildman–Crippen LogP) is 3.80. The van der Waals surface area contributed by atoms with Crippen LogP contribution in [-0.2, 0) is 11.3 Å². The smallest absolute Gasteiger partial charge is 0.364 e. The molecule has 0 heterocycles. The zero-order valence-corrected chi connectivity index (χ0v) is 8.92. The van der Waals surface area contributed by atoms with Crippen LogP contribution >= 0.6 is 0 Å². The second-order valence-corrected chi connectivity index (χ2v) is 3.44. The maximum atomic E-state index is 12.1. The highest BCUT2D eigenvalue weighted by Crippen LogP contribution is 2.23. The molecular formula is C12H13F3O. The third-order valence-corrected chi connectivity index (χ3v) is 2.18. The van der Waals surface area contributed by atoms with E-state index >= 15 is 0 Å². The molecule has 1 nitrogen and oxygen atoms in total. The van der Waals surface area contributed by atoms with Gasteiger partial charge in [-0.3, -0.25) is 0 Å². The predicted molar refractivity (Wildman–Crippen MR) is 56.8 cm³/mol. The number of halogens is 3. The fraction of sp³-hybridized carbons (Fsp3) is 0.333. The van der Waals surface area contributed by atoms with Gasteiger partial charge in [-0.2, -0.15) is 13.2 Å². The topological polar surface area (TPSA) is 9.23 Å². The Kier molecular flexibility index (Phi) is 4.12. The van der Waals surface area contributed by atoms with E-state index in [0.29, 0.717) is 5.56 Å². The van der Waals surface area contributed by atoms with Crippen molar-refractivity contribution >= 4 is 6.08 Å². The molecule has 0 saturated carbocycles. The molecule has 1 unspecified atom stereocenters. The molecule has 1 aromatic carbocycles. The van der Waals surface area contributed by atoms with Crippen molar-refractivity contribution in [3.05, 3.63) is 42.0 Å². The first-order valence-electron chi connectivity index (χ1n) is 4.83. The molecule has 1 rings (SSSR count). The molecule has 0 aromatic heterocycles. The molecule has 0 radical (unpaired) electrons. The van der Waals surface area contributed by atoms with Gasteiger partial charge in [-0.05, 0) is 18.1 Å². The van der Waals surface area contributed by atoms with Gasteiger partial charge in [-0.25, -0.2) is 0 Å². The summed E-state index contributed by atoms with van der Waals surface area (Å²) in [6.07, 6.45) is -4.38. The molecule has 0 saturated heterocycles. The Hall–Kier alpha value is -1.29. The first-order valence-corrected chi connectivity index (χ1v) is 4.83. The molecular weight excluding hydrogens is 217 g/mol. The lowest BCUT2D eigenvalue weighted by Crippen LogP contribution is -2.28. The minimum Gasteiger partial charge on any atom is -0.364 e. The second kappa shape index (κ2) is 5.16. The van der Waals surface area contributed by atoms with Gasteiger partial charge in [0.05, 0.1) is 6.61 Å². The summed E-state index contributed by atoms with van der Waals surface area (Å²) in [7, 11) is 0. The van der Waals surface area contributed by atoms with Gasteiger partial charge in [-0.15, -0.1) is 0 Å². The highest BCUT2D eigenvalue weighted by Gasteiger charge is 2.36. The number of hydrogen-bond donors (Lipinski definition) is 0. The third-order valence-electron chi connectivity index (χ3n) is 2.18. The molecule has 1 aromatic rings. The lowest BCUT2D eigenvalue weighted by molar-refractivity contribution is -0.217. The summed E-state index contributed by atoms with van der Waals surface area (Å²) in [6, 6.07) is 7.01. The lowest BCUT2D eigenvalue weighted by Gasteiger charge is -2.16. The van der Waals surface area contributed by atoms with Crippen molar-refractivity contribution in [2.45, 2.75) is 25.8 Å². The third kappa shape index (κ3) is 3.70. The normalized spacial score (nSPS) is 13.5. The van der Waals surface area contributed by atoms with Crippen LogP contribution in [0.15, 0.2) is 30.8 Å². The number of benzene rings is 1. The molecule has 88 valence electrons. The SMILES string of the molecule is C=Cc1ccc(COC(C)C(F)(F)F)cc1. The van der Waals surface area contributed by atoms with Crippen molar-refractivity contribution < 1.29 is 17.9 Å². The van der Waals surface area contributed by atoms with E-state index in [1.807, 2.05) is 0 Å². The van der Waals surface area contributed by atoms with Crippen LogP contribution in [0, 0.1) is 0 Å². The molecule has 0 spiro atoms. The van der Waals surface area contributed by atoms with Crippen molar-refractivity contribution in [2.75, 3.05) is 0 Å². The van der Waals surface area contributed by atoms with Crippen molar-refractivity contribution in [3.8, 4) is 0 Å². The Balaban J connectivity index is 2.51. The van der Waals surface area contributed by atoms with Crippen LogP contribution in [0.5, 0.6) is 0 Å². The van der Waals surface area contributed by atoms with Crippen LogP contribution in [0.4, 0.5) is 13.2 Å². The van der Waals surface area contributed by atoms with Crippen LogP contribution < -0.4 is 0 Å². The number of rotatable bonds is 4. The monoisotopic (exact) mass is 230 g/mol. The van der Waals surface area contributed by atoms with E-state index in [9.17, 15) is 13.2 Å². The minimum atomic E-state index is -4.30. The van der Waals surface area contributed by atoms with Crippen molar-refractivity contribution in [3.63, 3.8) is 0 Å². The number of alkyl halides is 3. The molecule has 0 amide bonds. The van der Waals surface area contributed by atoms with Crippen LogP contribution in [0.25, 0.3) is 6.08 Å². The fourth-order valence-corrected chi connectivity index (χ4v) is 1.07. The van der Waals surface area contributed by atoms with Crippen LogP contribution in [0.2, 0.25) is 0 Å². The Bertz CT molecular complexity index is 340. The molecule has 0 aliphatic carbocycles. The molecule has 0 bridgehead atoms. The highest BCUT2D eigenvalue weighted by molar-refractivity contribution is 5.47. The van der Waals surface area contributed by atoms with Crippen molar-refractivity contribution in [1.82, 2.24) is 0 Å². The van der Waals surface area contributed by atoms with Gasteiger partial charge in [0.2, 0.25) is 0 Å². The minimum absolute atomic E-state index is 0.0436.